The van der Waals surface area contributed by atoms with Gasteiger partial charge in [-0.2, -0.15) is 0 Å². The Bertz CT molecular complexity index is 526. The van der Waals surface area contributed by atoms with E-state index >= 15 is 0 Å². The summed E-state index contributed by atoms with van der Waals surface area (Å²) in [6.45, 7) is 1.51. The minimum Gasteiger partial charge on any atom is -0.320 e. The normalized spacial score (nSPS) is 12.5. The van der Waals surface area contributed by atoms with Crippen LogP contribution in [0.25, 0.3) is 0 Å². The van der Waals surface area contributed by atoms with Crippen LogP contribution in [0.4, 0.5) is 8.78 Å². The van der Waals surface area contributed by atoms with Crippen molar-refractivity contribution in [2.75, 3.05) is 0 Å². The van der Waals surface area contributed by atoms with Gasteiger partial charge in [0.25, 0.3) is 0 Å². The van der Waals surface area contributed by atoms with Crippen molar-refractivity contribution in [2.24, 2.45) is 5.73 Å². The van der Waals surface area contributed by atoms with Gasteiger partial charge >= 0.3 is 0 Å². The lowest BCUT2D eigenvalue weighted by Crippen LogP contribution is -2.15. The van der Waals surface area contributed by atoms with Crippen LogP contribution in [0.15, 0.2) is 36.7 Å². The average Bonchev–Trinajstić information content (AvgIpc) is 2.36. The summed E-state index contributed by atoms with van der Waals surface area (Å²) in [6, 6.07) is 5.75. The highest BCUT2D eigenvalue weighted by Gasteiger charge is 2.17. The van der Waals surface area contributed by atoms with Crippen molar-refractivity contribution >= 4 is 0 Å². The molecule has 0 aliphatic heterocycles. The zero-order valence-electron chi connectivity index (χ0n) is 9.32. The van der Waals surface area contributed by atoms with Crippen molar-refractivity contribution in [3.8, 4) is 0 Å². The van der Waals surface area contributed by atoms with Crippen LogP contribution < -0.4 is 5.73 Å². The second kappa shape index (κ2) is 4.59. The van der Waals surface area contributed by atoms with Crippen LogP contribution in [0, 0.1) is 18.6 Å². The molecule has 88 valence electrons. The predicted molar refractivity (Wildman–Crippen MR) is 61.4 cm³/mol. The molecule has 0 radical (unpaired) electrons. The van der Waals surface area contributed by atoms with Gasteiger partial charge in [-0.25, -0.2) is 8.78 Å². The molecular formula is C13H12F2N2. The fraction of sp³-hybridized carbons (Fsp3) is 0.154. The summed E-state index contributed by atoms with van der Waals surface area (Å²) in [5.74, 6) is -1.73. The molecule has 1 atom stereocenters. The molecule has 2 rings (SSSR count). The summed E-state index contributed by atoms with van der Waals surface area (Å²) >= 11 is 0. The van der Waals surface area contributed by atoms with Crippen LogP contribution in [-0.2, 0) is 0 Å². The van der Waals surface area contributed by atoms with E-state index in [1.165, 1.54) is 19.1 Å². The van der Waals surface area contributed by atoms with Crippen molar-refractivity contribution < 1.29 is 8.78 Å². The first kappa shape index (κ1) is 11.7. The first-order chi connectivity index (χ1) is 8.11. The summed E-state index contributed by atoms with van der Waals surface area (Å²) in [5, 5.41) is 0. The Balaban J connectivity index is 2.45. The Morgan fingerprint density at radius 1 is 1.18 bits per heavy atom. The van der Waals surface area contributed by atoms with Crippen molar-refractivity contribution in [1.29, 1.82) is 0 Å². The van der Waals surface area contributed by atoms with Crippen LogP contribution in [0.2, 0.25) is 0 Å². The van der Waals surface area contributed by atoms with Gasteiger partial charge < -0.3 is 5.73 Å². The van der Waals surface area contributed by atoms with Crippen LogP contribution >= 0.6 is 0 Å². The molecule has 1 aromatic heterocycles. The summed E-state index contributed by atoms with van der Waals surface area (Å²) in [6.07, 6.45) is 3.14. The maximum Gasteiger partial charge on any atom is 0.164 e. The molecule has 2 aromatic rings. The standard InChI is InChI=1S/C13H12F2N2/c1-8-4-5-10(12(15)11(8)14)13(16)9-3-2-6-17-7-9/h2-7,13H,16H2,1H3. The van der Waals surface area contributed by atoms with E-state index in [2.05, 4.69) is 4.98 Å². The van der Waals surface area contributed by atoms with Crippen LogP contribution in [0.1, 0.15) is 22.7 Å². The lowest BCUT2D eigenvalue weighted by Gasteiger charge is -2.14. The number of halogens is 2. The first-order valence-corrected chi connectivity index (χ1v) is 5.21. The van der Waals surface area contributed by atoms with E-state index in [-0.39, 0.29) is 11.1 Å². The Morgan fingerprint density at radius 3 is 2.59 bits per heavy atom. The topological polar surface area (TPSA) is 38.9 Å². The van der Waals surface area contributed by atoms with E-state index in [1.54, 1.807) is 24.5 Å². The number of pyridine rings is 1. The molecule has 0 bridgehead atoms. The van der Waals surface area contributed by atoms with Gasteiger partial charge in [0.2, 0.25) is 0 Å². The van der Waals surface area contributed by atoms with Crippen molar-refractivity contribution in [1.82, 2.24) is 4.98 Å². The zero-order valence-corrected chi connectivity index (χ0v) is 9.32. The predicted octanol–water partition coefficient (Wildman–Crippen LogP) is 2.72. The Labute approximate surface area is 98.1 Å². The molecule has 0 spiro atoms. The molecule has 2 N–H and O–H groups in total. The molecule has 0 fully saturated rings. The Kier molecular flexibility index (Phi) is 3.15. The molecule has 0 saturated carbocycles. The van der Waals surface area contributed by atoms with Gasteiger partial charge in [-0.05, 0) is 24.1 Å². The number of nitrogens with zero attached hydrogens (tertiary/aromatic N) is 1. The van der Waals surface area contributed by atoms with E-state index in [4.69, 9.17) is 5.73 Å². The van der Waals surface area contributed by atoms with E-state index in [9.17, 15) is 8.78 Å². The molecule has 1 aromatic carbocycles. The van der Waals surface area contributed by atoms with E-state index in [1.807, 2.05) is 0 Å². The second-order valence-electron chi connectivity index (χ2n) is 3.86. The molecule has 2 nitrogen and oxygen atoms in total. The highest BCUT2D eigenvalue weighted by atomic mass is 19.2. The Morgan fingerprint density at radius 2 is 1.94 bits per heavy atom. The van der Waals surface area contributed by atoms with E-state index in [0.717, 1.165) is 0 Å². The zero-order chi connectivity index (χ0) is 12.4. The maximum absolute atomic E-state index is 13.7. The number of aryl methyl sites for hydroxylation is 1. The van der Waals surface area contributed by atoms with Gasteiger partial charge in [0.1, 0.15) is 0 Å². The summed E-state index contributed by atoms with van der Waals surface area (Å²) in [5.41, 5.74) is 6.95. The SMILES string of the molecule is Cc1ccc(C(N)c2cccnc2)c(F)c1F. The largest absolute Gasteiger partial charge is 0.320 e. The smallest absolute Gasteiger partial charge is 0.164 e. The second-order valence-corrected chi connectivity index (χ2v) is 3.86. The molecule has 0 saturated heterocycles. The third kappa shape index (κ3) is 2.17. The van der Waals surface area contributed by atoms with Gasteiger partial charge in [-0.15, -0.1) is 0 Å². The van der Waals surface area contributed by atoms with Gasteiger partial charge in [0.05, 0.1) is 6.04 Å². The van der Waals surface area contributed by atoms with Crippen LogP contribution in [0.5, 0.6) is 0 Å². The monoisotopic (exact) mass is 234 g/mol. The first-order valence-electron chi connectivity index (χ1n) is 5.21. The molecule has 0 aliphatic carbocycles. The van der Waals surface area contributed by atoms with Crippen molar-refractivity contribution in [3.63, 3.8) is 0 Å². The molecule has 1 heterocycles. The molecule has 1 unspecified atom stereocenters. The van der Waals surface area contributed by atoms with Crippen molar-refractivity contribution in [2.45, 2.75) is 13.0 Å². The minimum absolute atomic E-state index is 0.140. The fourth-order valence-corrected chi connectivity index (χ4v) is 1.64. The summed E-state index contributed by atoms with van der Waals surface area (Å²) in [4.78, 5) is 3.90. The van der Waals surface area contributed by atoms with Crippen LogP contribution in [-0.4, -0.2) is 4.98 Å². The van der Waals surface area contributed by atoms with Gasteiger partial charge in [0, 0.05) is 18.0 Å². The average molecular weight is 234 g/mol. The lowest BCUT2D eigenvalue weighted by molar-refractivity contribution is 0.489. The molecule has 0 amide bonds. The van der Waals surface area contributed by atoms with E-state index < -0.39 is 17.7 Å². The quantitative estimate of drug-likeness (QED) is 0.867. The van der Waals surface area contributed by atoms with Crippen molar-refractivity contribution in [3.05, 3.63) is 65.0 Å². The molecule has 0 aliphatic rings. The third-order valence-electron chi connectivity index (χ3n) is 2.68. The molecule has 4 heteroatoms. The minimum atomic E-state index is -0.888. The summed E-state index contributed by atoms with van der Waals surface area (Å²) < 4.78 is 27.1. The Hall–Kier alpha value is -1.81. The number of hydrogen-bond donors (Lipinski definition) is 1. The number of nitrogens with two attached hydrogens (primary N) is 1. The molecule has 17 heavy (non-hydrogen) atoms. The highest BCUT2D eigenvalue weighted by molar-refractivity contribution is 5.33. The van der Waals surface area contributed by atoms with Gasteiger partial charge in [-0.3, -0.25) is 4.98 Å². The number of benzene rings is 1. The van der Waals surface area contributed by atoms with Gasteiger partial charge in [-0.1, -0.05) is 18.2 Å². The summed E-state index contributed by atoms with van der Waals surface area (Å²) in [7, 11) is 0. The van der Waals surface area contributed by atoms with Crippen LogP contribution in [0.3, 0.4) is 0 Å². The maximum atomic E-state index is 13.7. The van der Waals surface area contributed by atoms with Gasteiger partial charge in [0.15, 0.2) is 11.6 Å². The number of hydrogen-bond acceptors (Lipinski definition) is 2. The van der Waals surface area contributed by atoms with E-state index in [0.29, 0.717) is 5.56 Å². The fourth-order valence-electron chi connectivity index (χ4n) is 1.64. The molecular weight excluding hydrogens is 222 g/mol. The number of aromatic nitrogens is 1. The number of rotatable bonds is 2. The highest BCUT2D eigenvalue weighted by Crippen LogP contribution is 2.24. The lowest BCUT2D eigenvalue weighted by atomic mass is 9.99. The third-order valence-corrected chi connectivity index (χ3v) is 2.68.